The number of carbonyl (C=O) groups is 1. The summed E-state index contributed by atoms with van der Waals surface area (Å²) in [5.41, 5.74) is 0.864. The zero-order valence-electron chi connectivity index (χ0n) is 13.4. The molecule has 0 spiro atoms. The van der Waals surface area contributed by atoms with Gasteiger partial charge in [-0.15, -0.1) is 0 Å². The third kappa shape index (κ3) is 3.47. The van der Waals surface area contributed by atoms with Gasteiger partial charge in [0, 0.05) is 14.7 Å². The summed E-state index contributed by atoms with van der Waals surface area (Å²) in [6.07, 6.45) is 0. The molecule has 116 valence electrons. The molecule has 0 unspecified atom stereocenters. The molecule has 1 amide bonds. The Morgan fingerprint density at radius 2 is 2.00 bits per heavy atom. The molecule has 6 heteroatoms. The molecule has 0 fully saturated rings. The van der Waals surface area contributed by atoms with Crippen LogP contribution < -0.4 is 0 Å². The van der Waals surface area contributed by atoms with E-state index in [0.717, 1.165) is 11.7 Å². The third-order valence-electron chi connectivity index (χ3n) is 3.81. The van der Waals surface area contributed by atoms with Gasteiger partial charge in [0.05, 0.1) is 16.8 Å². The number of aromatic nitrogens is 1. The number of pyridine rings is 1. The number of amides is 1. The van der Waals surface area contributed by atoms with E-state index in [1.54, 1.807) is 17.0 Å². The second-order valence-corrected chi connectivity index (χ2v) is 13.2. The SMILES string of the molecule is CC1(C)c2nc(Cl)ccc2C(=O)N1COCC[Si](C)(C)C. The molecule has 1 aliphatic heterocycles. The van der Waals surface area contributed by atoms with Gasteiger partial charge in [0.2, 0.25) is 0 Å². The smallest absolute Gasteiger partial charge is 0.258 e. The highest BCUT2D eigenvalue weighted by Gasteiger charge is 2.44. The van der Waals surface area contributed by atoms with E-state index in [2.05, 4.69) is 24.6 Å². The fourth-order valence-corrected chi connectivity index (χ4v) is 3.26. The third-order valence-corrected chi connectivity index (χ3v) is 5.72. The summed E-state index contributed by atoms with van der Waals surface area (Å²) < 4.78 is 5.74. The van der Waals surface area contributed by atoms with Crippen LogP contribution in [0.2, 0.25) is 30.8 Å². The number of carbonyl (C=O) groups excluding carboxylic acids is 1. The highest BCUT2D eigenvalue weighted by Crippen LogP contribution is 2.37. The van der Waals surface area contributed by atoms with Crippen LogP contribution >= 0.6 is 11.6 Å². The Bertz CT molecular complexity index is 555. The Kier molecular flexibility index (Phi) is 4.47. The first-order valence-electron chi connectivity index (χ1n) is 7.20. The van der Waals surface area contributed by atoms with E-state index in [-0.39, 0.29) is 5.91 Å². The molecule has 0 aromatic carbocycles. The number of nitrogens with zero attached hydrogens (tertiary/aromatic N) is 2. The van der Waals surface area contributed by atoms with Crippen LogP contribution in [0.4, 0.5) is 0 Å². The molecule has 1 aromatic rings. The highest BCUT2D eigenvalue weighted by atomic mass is 35.5. The van der Waals surface area contributed by atoms with Crippen molar-refractivity contribution in [3.8, 4) is 0 Å². The molecule has 0 radical (unpaired) electrons. The van der Waals surface area contributed by atoms with E-state index in [1.165, 1.54) is 0 Å². The lowest BCUT2D eigenvalue weighted by atomic mass is 10.0. The summed E-state index contributed by atoms with van der Waals surface area (Å²) >= 11 is 5.96. The van der Waals surface area contributed by atoms with Crippen molar-refractivity contribution in [3.05, 3.63) is 28.5 Å². The first kappa shape index (κ1) is 16.5. The largest absolute Gasteiger partial charge is 0.361 e. The second kappa shape index (κ2) is 5.70. The molecule has 4 nitrogen and oxygen atoms in total. The molecule has 2 rings (SSSR count). The van der Waals surface area contributed by atoms with Gasteiger partial charge in [-0.3, -0.25) is 4.79 Å². The van der Waals surface area contributed by atoms with Gasteiger partial charge in [0.1, 0.15) is 11.9 Å². The summed E-state index contributed by atoms with van der Waals surface area (Å²) in [6, 6.07) is 4.49. The molecule has 0 saturated carbocycles. The summed E-state index contributed by atoms with van der Waals surface area (Å²) in [6.45, 7) is 11.9. The normalized spacial score (nSPS) is 17.2. The molecule has 0 atom stereocenters. The molecular formula is C15H23ClN2O2Si. The maximum Gasteiger partial charge on any atom is 0.258 e. The molecule has 21 heavy (non-hydrogen) atoms. The second-order valence-electron chi connectivity index (χ2n) is 7.17. The standard InChI is InChI=1S/C15H23ClN2O2Si/c1-15(2)13-11(6-7-12(16)17-13)14(19)18(15)10-20-8-9-21(3,4)5/h6-7H,8-10H2,1-5H3. The molecule has 0 saturated heterocycles. The Labute approximate surface area is 132 Å². The number of halogens is 1. The lowest BCUT2D eigenvalue weighted by molar-refractivity contribution is -0.00408. The minimum absolute atomic E-state index is 0.0350. The molecule has 2 heterocycles. The van der Waals surface area contributed by atoms with E-state index >= 15 is 0 Å². The molecule has 1 aliphatic rings. The molecular weight excluding hydrogens is 304 g/mol. The monoisotopic (exact) mass is 326 g/mol. The van der Waals surface area contributed by atoms with Crippen LogP contribution in [0.5, 0.6) is 0 Å². The van der Waals surface area contributed by atoms with Crippen LogP contribution in [-0.4, -0.2) is 37.2 Å². The van der Waals surface area contributed by atoms with Crippen LogP contribution in [0.1, 0.15) is 29.9 Å². The van der Waals surface area contributed by atoms with Gasteiger partial charge in [-0.1, -0.05) is 31.2 Å². The van der Waals surface area contributed by atoms with Crippen LogP contribution in [0, 0.1) is 0 Å². The maximum atomic E-state index is 12.5. The fraction of sp³-hybridized carbons (Fsp3) is 0.600. The van der Waals surface area contributed by atoms with E-state index in [1.807, 2.05) is 13.8 Å². The predicted molar refractivity (Wildman–Crippen MR) is 87.4 cm³/mol. The Hall–Kier alpha value is -0.913. The molecule has 0 N–H and O–H groups in total. The van der Waals surface area contributed by atoms with E-state index in [9.17, 15) is 4.79 Å². The average Bonchev–Trinajstić information content (AvgIpc) is 2.53. The minimum Gasteiger partial charge on any atom is -0.361 e. The molecule has 0 aliphatic carbocycles. The van der Waals surface area contributed by atoms with Crippen LogP contribution in [0.3, 0.4) is 0 Å². The Balaban J connectivity index is 2.07. The zero-order valence-corrected chi connectivity index (χ0v) is 15.1. The average molecular weight is 327 g/mol. The van der Waals surface area contributed by atoms with Gasteiger partial charge in [-0.25, -0.2) is 4.98 Å². The van der Waals surface area contributed by atoms with Crippen LogP contribution in [0.15, 0.2) is 12.1 Å². The Morgan fingerprint density at radius 1 is 1.33 bits per heavy atom. The topological polar surface area (TPSA) is 42.4 Å². The van der Waals surface area contributed by atoms with Gasteiger partial charge in [-0.05, 0) is 32.0 Å². The number of hydrogen-bond acceptors (Lipinski definition) is 3. The number of hydrogen-bond donors (Lipinski definition) is 0. The van der Waals surface area contributed by atoms with E-state index < -0.39 is 13.6 Å². The Morgan fingerprint density at radius 3 is 2.62 bits per heavy atom. The first-order valence-corrected chi connectivity index (χ1v) is 11.3. The molecule has 1 aromatic heterocycles. The lowest BCUT2D eigenvalue weighted by Gasteiger charge is -2.31. The fourth-order valence-electron chi connectivity index (χ4n) is 2.36. The number of ether oxygens (including phenoxy) is 1. The summed E-state index contributed by atoms with van der Waals surface area (Å²) in [4.78, 5) is 18.5. The van der Waals surface area contributed by atoms with Crippen molar-refractivity contribution in [2.75, 3.05) is 13.3 Å². The summed E-state index contributed by atoms with van der Waals surface area (Å²) in [5.74, 6) is -0.0350. The van der Waals surface area contributed by atoms with Crippen molar-refractivity contribution in [2.45, 2.75) is 45.1 Å². The van der Waals surface area contributed by atoms with Crippen molar-refractivity contribution in [1.82, 2.24) is 9.88 Å². The van der Waals surface area contributed by atoms with Gasteiger partial charge in [-0.2, -0.15) is 0 Å². The van der Waals surface area contributed by atoms with Gasteiger partial charge in [0.15, 0.2) is 0 Å². The van der Waals surface area contributed by atoms with Gasteiger partial charge < -0.3 is 9.64 Å². The van der Waals surface area contributed by atoms with Crippen molar-refractivity contribution in [3.63, 3.8) is 0 Å². The summed E-state index contributed by atoms with van der Waals surface area (Å²) in [7, 11) is -1.12. The minimum atomic E-state index is -1.12. The van der Waals surface area contributed by atoms with Crippen molar-refractivity contribution < 1.29 is 9.53 Å². The molecule has 0 bridgehead atoms. The van der Waals surface area contributed by atoms with Crippen LogP contribution in [-0.2, 0) is 10.3 Å². The van der Waals surface area contributed by atoms with Crippen molar-refractivity contribution in [1.29, 1.82) is 0 Å². The zero-order chi connectivity index (χ0) is 15.8. The predicted octanol–water partition coefficient (Wildman–Crippen LogP) is 3.74. The van der Waals surface area contributed by atoms with Crippen molar-refractivity contribution in [2.24, 2.45) is 0 Å². The lowest BCUT2D eigenvalue weighted by Crippen LogP contribution is -2.41. The number of fused-ring (bicyclic) bond motifs is 1. The van der Waals surface area contributed by atoms with Crippen molar-refractivity contribution >= 4 is 25.6 Å². The maximum absolute atomic E-state index is 12.5. The van der Waals surface area contributed by atoms with E-state index in [4.69, 9.17) is 16.3 Å². The van der Waals surface area contributed by atoms with Crippen LogP contribution in [0.25, 0.3) is 0 Å². The quantitative estimate of drug-likeness (QED) is 0.470. The van der Waals surface area contributed by atoms with Gasteiger partial charge in [0.25, 0.3) is 5.91 Å². The van der Waals surface area contributed by atoms with Gasteiger partial charge >= 0.3 is 0 Å². The number of rotatable bonds is 5. The summed E-state index contributed by atoms with van der Waals surface area (Å²) in [5, 5.41) is 0.413. The highest BCUT2D eigenvalue weighted by molar-refractivity contribution is 6.76. The first-order chi connectivity index (χ1) is 9.63. The van der Waals surface area contributed by atoms with E-state index in [0.29, 0.717) is 24.1 Å².